The SMILES string of the molecule is Cn1cnc2cnc(N)cc21. The summed E-state index contributed by atoms with van der Waals surface area (Å²) in [6, 6.07) is 1.81. The van der Waals surface area contributed by atoms with Crippen LogP contribution in [0.3, 0.4) is 0 Å². The van der Waals surface area contributed by atoms with E-state index in [1.54, 1.807) is 12.5 Å². The number of hydrogen-bond donors (Lipinski definition) is 1. The Labute approximate surface area is 63.7 Å². The highest BCUT2D eigenvalue weighted by molar-refractivity contribution is 5.76. The number of nitrogens with zero attached hydrogens (tertiary/aromatic N) is 3. The zero-order valence-electron chi connectivity index (χ0n) is 6.15. The van der Waals surface area contributed by atoms with Crippen molar-refractivity contribution in [2.45, 2.75) is 0 Å². The number of anilines is 1. The van der Waals surface area contributed by atoms with Gasteiger partial charge in [0.25, 0.3) is 0 Å². The summed E-state index contributed by atoms with van der Waals surface area (Å²) in [4.78, 5) is 8.03. The molecule has 2 rings (SSSR count). The first-order valence-electron chi connectivity index (χ1n) is 3.30. The van der Waals surface area contributed by atoms with Gasteiger partial charge >= 0.3 is 0 Å². The summed E-state index contributed by atoms with van der Waals surface area (Å²) in [6.07, 6.45) is 3.41. The molecule has 0 aliphatic heterocycles. The fourth-order valence-corrected chi connectivity index (χ4v) is 1.05. The first kappa shape index (κ1) is 6.15. The third-order valence-corrected chi connectivity index (χ3v) is 1.63. The average molecular weight is 148 g/mol. The van der Waals surface area contributed by atoms with Crippen LogP contribution in [0.2, 0.25) is 0 Å². The van der Waals surface area contributed by atoms with Gasteiger partial charge in [-0.3, -0.25) is 0 Å². The predicted molar refractivity (Wildman–Crippen MR) is 42.9 cm³/mol. The Balaban J connectivity index is 2.87. The zero-order valence-corrected chi connectivity index (χ0v) is 6.15. The van der Waals surface area contributed by atoms with Gasteiger partial charge in [0.2, 0.25) is 0 Å². The van der Waals surface area contributed by atoms with Crippen LogP contribution >= 0.6 is 0 Å². The van der Waals surface area contributed by atoms with Gasteiger partial charge in [-0.25, -0.2) is 9.97 Å². The molecule has 0 atom stereocenters. The molecule has 0 aliphatic rings. The molecule has 0 unspecified atom stereocenters. The first-order chi connectivity index (χ1) is 5.27. The number of imidazole rings is 1. The Morgan fingerprint density at radius 3 is 3.09 bits per heavy atom. The summed E-state index contributed by atoms with van der Waals surface area (Å²) in [6.45, 7) is 0. The highest BCUT2D eigenvalue weighted by Gasteiger charge is 1.98. The number of nitrogen functional groups attached to an aromatic ring is 1. The lowest BCUT2D eigenvalue weighted by molar-refractivity contribution is 0.947. The number of hydrogen-bond acceptors (Lipinski definition) is 3. The number of aryl methyl sites for hydroxylation is 1. The van der Waals surface area contributed by atoms with Crippen molar-refractivity contribution in [3.63, 3.8) is 0 Å². The van der Waals surface area contributed by atoms with E-state index in [9.17, 15) is 0 Å². The molecule has 0 amide bonds. The minimum absolute atomic E-state index is 0.529. The van der Waals surface area contributed by atoms with Crippen LogP contribution in [0.1, 0.15) is 0 Å². The van der Waals surface area contributed by atoms with Gasteiger partial charge in [0.15, 0.2) is 0 Å². The van der Waals surface area contributed by atoms with E-state index in [2.05, 4.69) is 9.97 Å². The zero-order chi connectivity index (χ0) is 7.84. The van der Waals surface area contributed by atoms with E-state index >= 15 is 0 Å². The normalized spacial score (nSPS) is 10.6. The monoisotopic (exact) mass is 148 g/mol. The molecular formula is C7H8N4. The lowest BCUT2D eigenvalue weighted by Crippen LogP contribution is -1.90. The van der Waals surface area contributed by atoms with Gasteiger partial charge in [-0.1, -0.05) is 0 Å². The lowest BCUT2D eigenvalue weighted by Gasteiger charge is -1.93. The van der Waals surface area contributed by atoms with Gasteiger partial charge in [-0.2, -0.15) is 0 Å². The standard InChI is InChI=1S/C7H8N4/c1-11-4-10-5-3-9-7(8)2-6(5)11/h2-4H,1H3,(H2,8,9). The molecule has 0 saturated heterocycles. The lowest BCUT2D eigenvalue weighted by atomic mass is 10.4. The predicted octanol–water partition coefficient (Wildman–Crippen LogP) is 0.550. The van der Waals surface area contributed by atoms with Crippen molar-refractivity contribution in [2.24, 2.45) is 7.05 Å². The summed E-state index contributed by atoms with van der Waals surface area (Å²) in [5.74, 6) is 0.529. The topological polar surface area (TPSA) is 56.7 Å². The van der Waals surface area contributed by atoms with Gasteiger partial charge in [-0.15, -0.1) is 0 Å². The third-order valence-electron chi connectivity index (χ3n) is 1.63. The molecule has 0 fully saturated rings. The average Bonchev–Trinajstić information content (AvgIpc) is 2.33. The summed E-state index contributed by atoms with van der Waals surface area (Å²) < 4.78 is 1.91. The number of fused-ring (bicyclic) bond motifs is 1. The second-order valence-electron chi connectivity index (χ2n) is 2.45. The van der Waals surface area contributed by atoms with Crippen LogP contribution in [0.25, 0.3) is 11.0 Å². The van der Waals surface area contributed by atoms with Gasteiger partial charge in [0.05, 0.1) is 18.0 Å². The second kappa shape index (κ2) is 1.95. The number of pyridine rings is 1. The van der Waals surface area contributed by atoms with Gasteiger partial charge < -0.3 is 10.3 Å². The largest absolute Gasteiger partial charge is 0.384 e. The molecule has 2 heterocycles. The molecule has 0 saturated carbocycles. The number of rotatable bonds is 0. The highest BCUT2D eigenvalue weighted by atomic mass is 15.0. The van der Waals surface area contributed by atoms with Crippen molar-refractivity contribution in [1.82, 2.24) is 14.5 Å². The Morgan fingerprint density at radius 1 is 1.45 bits per heavy atom. The fourth-order valence-electron chi connectivity index (χ4n) is 1.05. The second-order valence-corrected chi connectivity index (χ2v) is 2.45. The van der Waals surface area contributed by atoms with Crippen molar-refractivity contribution < 1.29 is 0 Å². The van der Waals surface area contributed by atoms with Crippen molar-refractivity contribution in [1.29, 1.82) is 0 Å². The van der Waals surface area contributed by atoms with Crippen molar-refractivity contribution >= 4 is 16.9 Å². The third kappa shape index (κ3) is 0.832. The summed E-state index contributed by atoms with van der Waals surface area (Å²) in [5, 5.41) is 0. The Hall–Kier alpha value is -1.58. The van der Waals surface area contributed by atoms with Gasteiger partial charge in [0.1, 0.15) is 11.3 Å². The van der Waals surface area contributed by atoms with E-state index < -0.39 is 0 Å². The van der Waals surface area contributed by atoms with Crippen molar-refractivity contribution in [3.05, 3.63) is 18.6 Å². The van der Waals surface area contributed by atoms with E-state index in [4.69, 9.17) is 5.73 Å². The van der Waals surface area contributed by atoms with E-state index in [1.165, 1.54) is 0 Å². The Kier molecular flexibility index (Phi) is 1.09. The van der Waals surface area contributed by atoms with Crippen LogP contribution in [-0.2, 0) is 7.05 Å². The molecule has 56 valence electrons. The summed E-state index contributed by atoms with van der Waals surface area (Å²) in [7, 11) is 1.93. The van der Waals surface area contributed by atoms with Gasteiger partial charge in [-0.05, 0) is 0 Å². The Bertz CT molecular complexity index is 390. The van der Waals surface area contributed by atoms with Crippen LogP contribution in [0.15, 0.2) is 18.6 Å². The molecule has 4 nitrogen and oxygen atoms in total. The molecule has 0 bridgehead atoms. The Morgan fingerprint density at radius 2 is 2.27 bits per heavy atom. The molecule has 2 N–H and O–H groups in total. The van der Waals surface area contributed by atoms with E-state index in [-0.39, 0.29) is 0 Å². The minimum Gasteiger partial charge on any atom is -0.384 e. The molecule has 2 aromatic heterocycles. The molecule has 11 heavy (non-hydrogen) atoms. The molecule has 2 aromatic rings. The van der Waals surface area contributed by atoms with Crippen LogP contribution < -0.4 is 5.73 Å². The molecule has 0 radical (unpaired) electrons. The molecule has 0 spiro atoms. The minimum atomic E-state index is 0.529. The maximum Gasteiger partial charge on any atom is 0.125 e. The van der Waals surface area contributed by atoms with E-state index in [1.807, 2.05) is 17.7 Å². The molecule has 0 aliphatic carbocycles. The maximum atomic E-state index is 5.50. The highest BCUT2D eigenvalue weighted by Crippen LogP contribution is 2.11. The maximum absolute atomic E-state index is 5.50. The van der Waals surface area contributed by atoms with Gasteiger partial charge in [0, 0.05) is 13.1 Å². The van der Waals surface area contributed by atoms with E-state index in [0.717, 1.165) is 11.0 Å². The van der Waals surface area contributed by atoms with Crippen LogP contribution in [0, 0.1) is 0 Å². The molecular weight excluding hydrogens is 140 g/mol. The quantitative estimate of drug-likeness (QED) is 0.593. The fraction of sp³-hybridized carbons (Fsp3) is 0.143. The number of nitrogens with two attached hydrogens (primary N) is 1. The van der Waals surface area contributed by atoms with E-state index in [0.29, 0.717) is 5.82 Å². The van der Waals surface area contributed by atoms with Crippen molar-refractivity contribution in [2.75, 3.05) is 5.73 Å². The summed E-state index contributed by atoms with van der Waals surface area (Å²) in [5.41, 5.74) is 7.39. The molecule has 0 aromatic carbocycles. The smallest absolute Gasteiger partial charge is 0.125 e. The van der Waals surface area contributed by atoms with Crippen molar-refractivity contribution in [3.8, 4) is 0 Å². The summed E-state index contributed by atoms with van der Waals surface area (Å²) >= 11 is 0. The van der Waals surface area contributed by atoms with Crippen LogP contribution in [0.5, 0.6) is 0 Å². The first-order valence-corrected chi connectivity index (χ1v) is 3.30. The number of aromatic nitrogens is 3. The van der Waals surface area contributed by atoms with Crippen LogP contribution in [-0.4, -0.2) is 14.5 Å². The molecule has 4 heteroatoms. The van der Waals surface area contributed by atoms with Crippen LogP contribution in [0.4, 0.5) is 5.82 Å².